The molecular formula is C60H88N16O12. The third-order valence-electron chi connectivity index (χ3n) is 14.7. The van der Waals surface area contributed by atoms with Gasteiger partial charge in [-0.25, -0.2) is 4.98 Å². The summed E-state index contributed by atoms with van der Waals surface area (Å²) < 4.78 is 0. The number of phenols is 1. The zero-order chi connectivity index (χ0) is 64.5. The summed E-state index contributed by atoms with van der Waals surface area (Å²) in [5, 5.41) is 45.2. The van der Waals surface area contributed by atoms with Crippen molar-refractivity contribution in [1.82, 2.24) is 67.7 Å². The van der Waals surface area contributed by atoms with E-state index in [-0.39, 0.29) is 85.8 Å². The number of nitrogens with two attached hydrogens (primary N) is 2. The van der Waals surface area contributed by atoms with E-state index in [1.165, 1.54) is 43.8 Å². The number of fused-ring (bicyclic) bond motifs is 1. The van der Waals surface area contributed by atoms with Crippen LogP contribution >= 0.6 is 0 Å². The molecule has 480 valence electrons. The van der Waals surface area contributed by atoms with Crippen molar-refractivity contribution in [2.24, 2.45) is 28.3 Å². The van der Waals surface area contributed by atoms with Gasteiger partial charge in [-0.05, 0) is 93.0 Å². The summed E-state index contributed by atoms with van der Waals surface area (Å²) in [6, 6.07) is 4.20. The van der Waals surface area contributed by atoms with Crippen molar-refractivity contribution < 1.29 is 58.2 Å². The number of amides is 10. The predicted octanol–water partition coefficient (Wildman–Crippen LogP) is -0.800. The number of imidazole rings is 1. The fourth-order valence-electron chi connectivity index (χ4n) is 10.2. The maximum atomic E-state index is 14.4. The van der Waals surface area contributed by atoms with Crippen LogP contribution in [0.2, 0.25) is 0 Å². The highest BCUT2D eigenvalue weighted by Crippen LogP contribution is 2.22. The maximum absolute atomic E-state index is 14.4. The van der Waals surface area contributed by atoms with Gasteiger partial charge in [-0.2, -0.15) is 0 Å². The number of hydrogen-bond acceptors (Lipinski definition) is 14. The second-order valence-corrected chi connectivity index (χ2v) is 22.7. The van der Waals surface area contributed by atoms with Crippen molar-refractivity contribution in [3.8, 4) is 5.75 Å². The number of H-pyrrole nitrogens is 2. The van der Waals surface area contributed by atoms with E-state index < -0.39 is 90.3 Å². The second kappa shape index (κ2) is 34.9. The van der Waals surface area contributed by atoms with Gasteiger partial charge < -0.3 is 84.4 Å². The van der Waals surface area contributed by atoms with Crippen molar-refractivity contribution in [3.05, 3.63) is 84.1 Å². The summed E-state index contributed by atoms with van der Waals surface area (Å²) in [6.45, 7) is 10.2. The van der Waals surface area contributed by atoms with Crippen molar-refractivity contribution in [1.29, 1.82) is 0 Å². The Kier molecular flexibility index (Phi) is 27.6. The van der Waals surface area contributed by atoms with Crippen molar-refractivity contribution >= 4 is 75.9 Å². The molecule has 0 radical (unpaired) electrons. The molecule has 4 aromatic rings. The SMILES string of the molecule is CCNC(=O)C1CCCN1C(=O)CCCCN=C(N)N.CNC(=O)C(CC(C)C)NC(=O)C(CC(C)C)NC(=O)C(Cc1ccc(O)cc1)NC(=O)C(CO)NC(=O)C(Cc1c[nH]c2ccccc12)NC(=O)C(Cc1cnc[nH]1)NC(=O)C1CCC(=O)N1. The number of benzene rings is 2. The minimum absolute atomic E-state index is 0.0427. The Morgan fingerprint density at radius 1 is 0.716 bits per heavy atom. The standard InChI is InChI=1S/C47H63N11O10.C13H25N5O2/c1-25(2)16-34(41(62)48-5)53-43(64)35(17-26(3)4)54-44(65)36(18-27-10-12-30(60)13-11-27)55-47(68)39(23-59)58-45(66)37(19-28-21-50-32-9-7-6-8-31(28)32)56-46(67)38(20-29-22-49-24-51-29)57-42(63)33-14-15-40(61)52-33;1-2-16-12(20)10-6-5-9-18(10)11(19)7-3-4-8-17-13(14)15/h6-13,21-22,24-26,33-39,50,59-60H,14-20,23H2,1-5H3,(H,48,62)(H,49,51)(H,52,61)(H,53,64)(H,54,65)(H,55,68)(H,56,67)(H,57,63)(H,58,66);10H,2-9H2,1H3,(H,16,20)(H4,14,15,17). The Bertz CT molecular complexity index is 3020. The quantitative estimate of drug-likeness (QED) is 0.0167. The first-order chi connectivity index (χ1) is 42.0. The van der Waals surface area contributed by atoms with Crippen molar-refractivity contribution in [2.45, 2.75) is 160 Å². The van der Waals surface area contributed by atoms with E-state index in [4.69, 9.17) is 11.5 Å². The van der Waals surface area contributed by atoms with E-state index >= 15 is 0 Å². The molecule has 8 unspecified atom stereocenters. The average Bonchev–Trinajstić information content (AvgIpc) is 2.80. The number of aliphatic hydroxyl groups is 1. The Morgan fingerprint density at radius 3 is 1.89 bits per heavy atom. The normalized spacial score (nSPS) is 16.5. The lowest BCUT2D eigenvalue weighted by atomic mass is 9.99. The lowest BCUT2D eigenvalue weighted by Gasteiger charge is -2.28. The smallest absolute Gasteiger partial charge is 0.245 e. The van der Waals surface area contributed by atoms with Crippen molar-refractivity contribution in [3.63, 3.8) is 0 Å². The molecule has 0 bridgehead atoms. The van der Waals surface area contributed by atoms with Gasteiger partial charge in [-0.3, -0.25) is 52.9 Å². The van der Waals surface area contributed by atoms with Gasteiger partial charge >= 0.3 is 0 Å². The molecule has 88 heavy (non-hydrogen) atoms. The highest BCUT2D eigenvalue weighted by molar-refractivity contribution is 5.99. The van der Waals surface area contributed by atoms with E-state index in [1.807, 2.05) is 52.8 Å². The number of aliphatic hydroxyl groups excluding tert-OH is 1. The molecule has 2 aliphatic heterocycles. The molecule has 2 saturated heterocycles. The van der Waals surface area contributed by atoms with Crippen LogP contribution in [0.4, 0.5) is 0 Å². The van der Waals surface area contributed by atoms with Gasteiger partial charge in [0.2, 0.25) is 59.1 Å². The topological polar surface area (TPSA) is 432 Å². The number of unbranched alkanes of at least 4 members (excludes halogenated alkanes) is 1. The molecule has 2 aromatic heterocycles. The van der Waals surface area contributed by atoms with Crippen LogP contribution < -0.4 is 59.3 Å². The van der Waals surface area contributed by atoms with E-state index in [0.29, 0.717) is 49.3 Å². The number of guanidine groups is 1. The number of carbonyl (C=O) groups is 10. The lowest BCUT2D eigenvalue weighted by Crippen LogP contribution is -2.61. The molecule has 28 nitrogen and oxygen atoms in total. The number of nitrogens with zero attached hydrogens (tertiary/aromatic N) is 3. The minimum atomic E-state index is -1.68. The van der Waals surface area contributed by atoms with Crippen LogP contribution in [-0.2, 0) is 67.2 Å². The van der Waals surface area contributed by atoms with E-state index in [0.717, 1.165) is 36.6 Å². The summed E-state index contributed by atoms with van der Waals surface area (Å²) in [6.07, 6.45) is 8.64. The minimum Gasteiger partial charge on any atom is -0.508 e. The maximum Gasteiger partial charge on any atom is 0.245 e. The molecule has 4 heterocycles. The first-order valence-electron chi connectivity index (χ1n) is 29.9. The number of hydrogen-bond donors (Lipinski definition) is 15. The lowest BCUT2D eigenvalue weighted by molar-refractivity contribution is -0.138. The summed E-state index contributed by atoms with van der Waals surface area (Å²) >= 11 is 0. The van der Waals surface area contributed by atoms with Crippen molar-refractivity contribution in [2.75, 3.05) is 33.3 Å². The number of aliphatic imine (C=N–C) groups is 1. The van der Waals surface area contributed by atoms with Gasteiger partial charge in [-0.15, -0.1) is 0 Å². The summed E-state index contributed by atoms with van der Waals surface area (Å²) in [5.74, 6) is -5.40. The van der Waals surface area contributed by atoms with Gasteiger partial charge in [0.25, 0.3) is 0 Å². The van der Waals surface area contributed by atoms with Gasteiger partial charge in [0.05, 0.1) is 12.9 Å². The predicted molar refractivity (Wildman–Crippen MR) is 327 cm³/mol. The van der Waals surface area contributed by atoms with Crippen LogP contribution in [0.1, 0.15) is 109 Å². The number of para-hydroxylation sites is 1. The van der Waals surface area contributed by atoms with Gasteiger partial charge in [-0.1, -0.05) is 58.0 Å². The summed E-state index contributed by atoms with van der Waals surface area (Å²) in [7, 11) is 1.45. The average molecular weight is 1230 g/mol. The van der Waals surface area contributed by atoms with E-state index in [1.54, 1.807) is 17.2 Å². The van der Waals surface area contributed by atoms with Crippen LogP contribution in [0, 0.1) is 11.8 Å². The summed E-state index contributed by atoms with van der Waals surface area (Å²) in [5.41, 5.74) is 12.8. The van der Waals surface area contributed by atoms with Crippen LogP contribution in [0.25, 0.3) is 10.9 Å². The highest BCUT2D eigenvalue weighted by Gasteiger charge is 2.37. The monoisotopic (exact) mass is 1220 g/mol. The number of rotatable bonds is 31. The van der Waals surface area contributed by atoms with Gasteiger partial charge in [0.15, 0.2) is 5.96 Å². The zero-order valence-corrected chi connectivity index (χ0v) is 50.9. The third-order valence-corrected chi connectivity index (χ3v) is 14.7. The number of nitrogens with one attached hydrogen (secondary N) is 11. The van der Waals surface area contributed by atoms with E-state index in [9.17, 15) is 58.2 Å². The van der Waals surface area contributed by atoms with Crippen LogP contribution in [0.3, 0.4) is 0 Å². The molecule has 2 aliphatic rings. The number of aromatic nitrogens is 3. The molecule has 28 heteroatoms. The molecule has 0 spiro atoms. The molecule has 0 saturated carbocycles. The number of carbonyl (C=O) groups excluding carboxylic acids is 10. The first-order valence-corrected chi connectivity index (χ1v) is 29.9. The molecule has 2 fully saturated rings. The highest BCUT2D eigenvalue weighted by atomic mass is 16.3. The number of likely N-dealkylation sites (N-methyl/N-ethyl adjacent to an activating group) is 2. The van der Waals surface area contributed by atoms with Crippen LogP contribution in [-0.4, -0.2) is 177 Å². The molecular weight excluding hydrogens is 1140 g/mol. The number of aromatic hydroxyl groups is 1. The Balaban J connectivity index is 0.000000597. The van der Waals surface area contributed by atoms with Gasteiger partial charge in [0, 0.05) is 87.8 Å². The largest absolute Gasteiger partial charge is 0.508 e. The third kappa shape index (κ3) is 22.0. The molecule has 17 N–H and O–H groups in total. The summed E-state index contributed by atoms with van der Waals surface area (Å²) in [4.78, 5) is 148. The molecule has 10 amide bonds. The number of aromatic amines is 2. The Morgan fingerprint density at radius 2 is 1.31 bits per heavy atom. The fourth-order valence-corrected chi connectivity index (χ4v) is 10.2. The molecule has 6 rings (SSSR count). The second-order valence-electron chi connectivity index (χ2n) is 22.7. The Hall–Kier alpha value is -9.08. The van der Waals surface area contributed by atoms with Crippen LogP contribution in [0.15, 0.2) is 72.2 Å². The zero-order valence-electron chi connectivity index (χ0n) is 50.9. The Labute approximate surface area is 511 Å². The van der Waals surface area contributed by atoms with Gasteiger partial charge in [0.1, 0.15) is 54.1 Å². The van der Waals surface area contributed by atoms with Crippen LogP contribution in [0.5, 0.6) is 5.75 Å². The molecule has 2 aromatic carbocycles. The first kappa shape index (κ1) is 69.7. The number of phenolic OH excluding ortho intramolecular Hbond substituents is 1. The fraction of sp³-hybridized carbons (Fsp3) is 0.533. The molecule has 0 aliphatic carbocycles. The van der Waals surface area contributed by atoms with E-state index in [2.05, 4.69) is 67.8 Å². The number of likely N-dealkylation sites (tertiary alicyclic amines) is 1. The molecule has 8 atom stereocenters.